The van der Waals surface area contributed by atoms with Gasteiger partial charge in [-0.3, -0.25) is 9.36 Å². The monoisotopic (exact) mass is 307 g/mol. The Labute approximate surface area is 134 Å². The number of furan rings is 1. The molecule has 1 atom stereocenters. The third-order valence-electron chi connectivity index (χ3n) is 4.31. The predicted octanol–water partition coefficient (Wildman–Crippen LogP) is 3.65. The van der Waals surface area contributed by atoms with Gasteiger partial charge in [-0.1, -0.05) is 0 Å². The largest absolute Gasteiger partial charge is 0.472 e. The Bertz CT molecular complexity index is 818. The quantitative estimate of drug-likeness (QED) is 0.742. The summed E-state index contributed by atoms with van der Waals surface area (Å²) in [6, 6.07) is 10.2. The topological polar surface area (TPSA) is 51.3 Å². The van der Waals surface area contributed by atoms with Gasteiger partial charge in [0.1, 0.15) is 12.1 Å². The molecule has 1 fully saturated rings. The Morgan fingerprint density at radius 2 is 1.96 bits per heavy atom. The minimum atomic E-state index is 0.201. The van der Waals surface area contributed by atoms with Gasteiger partial charge in [0.05, 0.1) is 11.8 Å². The van der Waals surface area contributed by atoms with Gasteiger partial charge >= 0.3 is 0 Å². The van der Waals surface area contributed by atoms with Crippen molar-refractivity contribution in [2.24, 2.45) is 0 Å². The summed E-state index contributed by atoms with van der Waals surface area (Å²) in [5.41, 5.74) is 2.89. The highest BCUT2D eigenvalue weighted by Crippen LogP contribution is 2.28. The molecule has 1 amide bonds. The molecule has 3 aromatic rings. The molecule has 4 rings (SSSR count). The lowest BCUT2D eigenvalue weighted by Crippen LogP contribution is -2.30. The number of anilines is 1. The molecular formula is C18H17N3O2. The summed E-state index contributed by atoms with van der Waals surface area (Å²) in [5.74, 6) is 1.03. The van der Waals surface area contributed by atoms with E-state index < -0.39 is 0 Å². The van der Waals surface area contributed by atoms with Gasteiger partial charge in [0, 0.05) is 36.2 Å². The molecule has 0 spiro atoms. The van der Waals surface area contributed by atoms with Gasteiger partial charge in [0.2, 0.25) is 5.91 Å². The zero-order valence-corrected chi connectivity index (χ0v) is 12.8. The third kappa shape index (κ3) is 2.34. The van der Waals surface area contributed by atoms with Gasteiger partial charge in [-0.25, -0.2) is 4.98 Å². The number of imidazole rings is 1. The molecule has 0 radical (unpaired) electrons. The van der Waals surface area contributed by atoms with Gasteiger partial charge in [-0.05, 0) is 43.7 Å². The molecule has 0 N–H and O–H groups in total. The van der Waals surface area contributed by atoms with E-state index in [1.54, 1.807) is 18.7 Å². The summed E-state index contributed by atoms with van der Waals surface area (Å²) in [6.45, 7) is 2.09. The third-order valence-corrected chi connectivity index (χ3v) is 4.31. The number of amides is 1. The molecule has 0 bridgehead atoms. The van der Waals surface area contributed by atoms with Crippen LogP contribution in [-0.2, 0) is 4.79 Å². The van der Waals surface area contributed by atoms with Crippen molar-refractivity contribution in [2.45, 2.75) is 25.8 Å². The van der Waals surface area contributed by atoms with Crippen LogP contribution >= 0.6 is 0 Å². The zero-order valence-electron chi connectivity index (χ0n) is 12.8. The molecule has 0 saturated carbocycles. The molecule has 1 saturated heterocycles. The van der Waals surface area contributed by atoms with Gasteiger partial charge in [0.25, 0.3) is 0 Å². The van der Waals surface area contributed by atoms with E-state index in [0.29, 0.717) is 6.42 Å². The molecule has 1 aromatic carbocycles. The van der Waals surface area contributed by atoms with Gasteiger partial charge in [0.15, 0.2) is 0 Å². The van der Waals surface area contributed by atoms with Crippen LogP contribution < -0.4 is 4.90 Å². The van der Waals surface area contributed by atoms with E-state index in [1.807, 2.05) is 46.0 Å². The maximum Gasteiger partial charge on any atom is 0.227 e. The summed E-state index contributed by atoms with van der Waals surface area (Å²) in [4.78, 5) is 18.3. The zero-order chi connectivity index (χ0) is 15.8. The maximum atomic E-state index is 12.0. The van der Waals surface area contributed by atoms with E-state index in [-0.39, 0.29) is 11.9 Å². The van der Waals surface area contributed by atoms with Crippen molar-refractivity contribution in [1.82, 2.24) is 9.55 Å². The highest BCUT2D eigenvalue weighted by Gasteiger charge is 2.28. The fourth-order valence-corrected chi connectivity index (χ4v) is 3.12. The number of benzene rings is 1. The molecule has 2 aromatic heterocycles. The van der Waals surface area contributed by atoms with Crippen molar-refractivity contribution in [3.8, 4) is 17.1 Å². The average Bonchev–Trinajstić information content (AvgIpc) is 3.28. The molecule has 116 valence electrons. The summed E-state index contributed by atoms with van der Waals surface area (Å²) in [5, 5.41) is 0. The Morgan fingerprint density at radius 3 is 2.61 bits per heavy atom. The van der Waals surface area contributed by atoms with Crippen LogP contribution in [0.1, 0.15) is 19.8 Å². The van der Waals surface area contributed by atoms with Crippen LogP contribution in [0.25, 0.3) is 17.1 Å². The van der Waals surface area contributed by atoms with Crippen molar-refractivity contribution in [3.05, 3.63) is 55.3 Å². The van der Waals surface area contributed by atoms with Crippen LogP contribution in [0, 0.1) is 0 Å². The lowest BCUT2D eigenvalue weighted by Gasteiger charge is -2.22. The van der Waals surface area contributed by atoms with E-state index in [9.17, 15) is 4.79 Å². The maximum absolute atomic E-state index is 12.0. The number of hydrogen-bond acceptors (Lipinski definition) is 3. The molecule has 5 nitrogen and oxygen atoms in total. The summed E-state index contributed by atoms with van der Waals surface area (Å²) < 4.78 is 7.15. The molecule has 1 aliphatic rings. The Kier molecular flexibility index (Phi) is 3.26. The number of carbonyl (C=O) groups excluding carboxylic acids is 1. The number of rotatable bonds is 3. The number of hydrogen-bond donors (Lipinski definition) is 0. The second-order valence-corrected chi connectivity index (χ2v) is 5.80. The first kappa shape index (κ1) is 13.8. The number of aromatic nitrogens is 2. The van der Waals surface area contributed by atoms with Crippen molar-refractivity contribution >= 4 is 11.6 Å². The first-order chi connectivity index (χ1) is 11.2. The Hall–Kier alpha value is -2.82. The van der Waals surface area contributed by atoms with Crippen LogP contribution in [0.5, 0.6) is 0 Å². The molecular weight excluding hydrogens is 290 g/mol. The van der Waals surface area contributed by atoms with E-state index in [4.69, 9.17) is 4.42 Å². The second-order valence-electron chi connectivity index (χ2n) is 5.80. The van der Waals surface area contributed by atoms with Crippen molar-refractivity contribution in [1.29, 1.82) is 0 Å². The SMILES string of the molecule is CC1CCC(=O)N1c1ccc(-n2ccnc2-c2ccoc2)cc1. The van der Waals surface area contributed by atoms with Crippen LogP contribution in [0.3, 0.4) is 0 Å². The number of carbonyl (C=O) groups is 1. The fourth-order valence-electron chi connectivity index (χ4n) is 3.12. The first-order valence-corrected chi connectivity index (χ1v) is 7.72. The summed E-state index contributed by atoms with van der Waals surface area (Å²) >= 11 is 0. The lowest BCUT2D eigenvalue weighted by molar-refractivity contribution is -0.117. The summed E-state index contributed by atoms with van der Waals surface area (Å²) in [7, 11) is 0. The van der Waals surface area contributed by atoms with E-state index in [2.05, 4.69) is 11.9 Å². The standard InChI is InChI=1S/C18H17N3O2/c1-13-2-7-17(22)21(13)16-5-3-15(4-6-16)20-10-9-19-18(20)14-8-11-23-12-14/h3-6,8-13H,2,7H2,1H3. The molecule has 0 aliphatic carbocycles. The van der Waals surface area contributed by atoms with E-state index in [1.165, 1.54) is 0 Å². The van der Waals surface area contributed by atoms with Crippen molar-refractivity contribution < 1.29 is 9.21 Å². The fraction of sp³-hybridized carbons (Fsp3) is 0.222. The average molecular weight is 307 g/mol. The van der Waals surface area contributed by atoms with E-state index >= 15 is 0 Å². The van der Waals surface area contributed by atoms with E-state index in [0.717, 1.165) is 29.2 Å². The van der Waals surface area contributed by atoms with Crippen molar-refractivity contribution in [3.63, 3.8) is 0 Å². The lowest BCUT2D eigenvalue weighted by atomic mass is 10.2. The smallest absolute Gasteiger partial charge is 0.227 e. The van der Waals surface area contributed by atoms with Gasteiger partial charge in [-0.2, -0.15) is 0 Å². The Balaban J connectivity index is 1.67. The molecule has 3 heterocycles. The predicted molar refractivity (Wildman–Crippen MR) is 87.4 cm³/mol. The van der Waals surface area contributed by atoms with Gasteiger partial charge in [-0.15, -0.1) is 0 Å². The molecule has 23 heavy (non-hydrogen) atoms. The minimum Gasteiger partial charge on any atom is -0.472 e. The van der Waals surface area contributed by atoms with Crippen LogP contribution in [0.2, 0.25) is 0 Å². The molecule has 5 heteroatoms. The second kappa shape index (κ2) is 5.43. The van der Waals surface area contributed by atoms with Gasteiger partial charge < -0.3 is 9.32 Å². The summed E-state index contributed by atoms with van der Waals surface area (Å²) in [6.07, 6.45) is 8.56. The van der Waals surface area contributed by atoms with Crippen LogP contribution in [-0.4, -0.2) is 21.5 Å². The first-order valence-electron chi connectivity index (χ1n) is 7.72. The number of nitrogens with zero attached hydrogens (tertiary/aromatic N) is 3. The Morgan fingerprint density at radius 1 is 1.17 bits per heavy atom. The molecule has 1 unspecified atom stereocenters. The highest BCUT2D eigenvalue weighted by atomic mass is 16.3. The highest BCUT2D eigenvalue weighted by molar-refractivity contribution is 5.96. The van der Waals surface area contributed by atoms with Crippen molar-refractivity contribution in [2.75, 3.05) is 4.90 Å². The van der Waals surface area contributed by atoms with Crippen LogP contribution in [0.15, 0.2) is 59.7 Å². The van der Waals surface area contributed by atoms with Crippen LogP contribution in [0.4, 0.5) is 5.69 Å². The normalized spacial score (nSPS) is 17.9. The minimum absolute atomic E-state index is 0.201. The molecule has 1 aliphatic heterocycles.